The van der Waals surface area contributed by atoms with E-state index in [0.717, 1.165) is 5.56 Å². The molecule has 1 aromatic heterocycles. The van der Waals surface area contributed by atoms with E-state index in [0.29, 0.717) is 28.0 Å². The minimum atomic E-state index is -0.357. The van der Waals surface area contributed by atoms with Gasteiger partial charge in [0, 0.05) is 17.0 Å². The zero-order valence-electron chi connectivity index (χ0n) is 17.8. The zero-order chi connectivity index (χ0) is 22.7. The molecule has 4 rings (SSSR count). The van der Waals surface area contributed by atoms with Crippen LogP contribution in [0.3, 0.4) is 0 Å². The molecule has 1 heterocycles. The van der Waals surface area contributed by atoms with Crippen LogP contribution >= 0.6 is 11.6 Å². The first kappa shape index (κ1) is 21.7. The van der Waals surface area contributed by atoms with E-state index >= 15 is 0 Å². The van der Waals surface area contributed by atoms with E-state index in [9.17, 15) is 9.59 Å². The van der Waals surface area contributed by atoms with Crippen LogP contribution in [0.15, 0.2) is 83.7 Å². The van der Waals surface area contributed by atoms with Gasteiger partial charge in [0.25, 0.3) is 11.5 Å². The van der Waals surface area contributed by atoms with Crippen molar-refractivity contribution in [3.63, 3.8) is 0 Å². The van der Waals surface area contributed by atoms with E-state index in [1.165, 1.54) is 4.68 Å². The first-order valence-corrected chi connectivity index (χ1v) is 10.6. The highest BCUT2D eigenvalue weighted by Gasteiger charge is 2.21. The van der Waals surface area contributed by atoms with E-state index in [4.69, 9.17) is 11.6 Å². The van der Waals surface area contributed by atoms with Gasteiger partial charge in [0.05, 0.1) is 17.1 Å². The van der Waals surface area contributed by atoms with E-state index in [1.54, 1.807) is 36.4 Å². The summed E-state index contributed by atoms with van der Waals surface area (Å²) in [6, 6.07) is 23.5. The van der Waals surface area contributed by atoms with Crippen LogP contribution in [0.1, 0.15) is 22.1 Å². The molecule has 0 saturated carbocycles. The lowest BCUT2D eigenvalue weighted by Crippen LogP contribution is -2.36. The Morgan fingerprint density at radius 3 is 2.28 bits per heavy atom. The summed E-state index contributed by atoms with van der Waals surface area (Å²) in [5.74, 6) is -0.357. The predicted octanol–water partition coefficient (Wildman–Crippen LogP) is 4.07. The number of carbonyl (C=O) groups excluding carboxylic acids is 1. The summed E-state index contributed by atoms with van der Waals surface area (Å²) in [7, 11) is 3.87. The molecule has 4 aromatic rings. The lowest BCUT2D eigenvalue weighted by molar-refractivity contribution is 0.0937. The largest absolute Gasteiger partial charge is 0.349 e. The smallest absolute Gasteiger partial charge is 0.279 e. The number of fused-ring (bicyclic) bond motifs is 1. The highest BCUT2D eigenvalue weighted by molar-refractivity contribution is 6.31. The Kier molecular flexibility index (Phi) is 6.35. The number of hydrogen-bond donors (Lipinski definition) is 1. The Balaban J connectivity index is 1.71. The molecule has 0 saturated heterocycles. The minimum absolute atomic E-state index is 0.126. The fourth-order valence-electron chi connectivity index (χ4n) is 3.69. The second-order valence-electron chi connectivity index (χ2n) is 7.66. The molecular formula is C25H23ClN4O2. The molecule has 6 nitrogen and oxygen atoms in total. The van der Waals surface area contributed by atoms with Crippen LogP contribution in [0, 0.1) is 0 Å². The zero-order valence-corrected chi connectivity index (χ0v) is 18.6. The van der Waals surface area contributed by atoms with Gasteiger partial charge in [-0.1, -0.05) is 66.2 Å². The first-order chi connectivity index (χ1) is 15.5. The molecule has 1 amide bonds. The van der Waals surface area contributed by atoms with Gasteiger partial charge in [-0.25, -0.2) is 0 Å². The topological polar surface area (TPSA) is 67.2 Å². The number of halogens is 1. The number of para-hydroxylation sites is 1. The van der Waals surface area contributed by atoms with Crippen molar-refractivity contribution in [1.29, 1.82) is 0 Å². The van der Waals surface area contributed by atoms with Gasteiger partial charge in [-0.15, -0.1) is 0 Å². The summed E-state index contributed by atoms with van der Waals surface area (Å²) in [4.78, 5) is 28.3. The van der Waals surface area contributed by atoms with Gasteiger partial charge in [0.2, 0.25) is 0 Å². The first-order valence-electron chi connectivity index (χ1n) is 10.2. The third-order valence-electron chi connectivity index (χ3n) is 5.36. The number of amides is 1. The summed E-state index contributed by atoms with van der Waals surface area (Å²) in [6.07, 6.45) is 0. The molecule has 0 aliphatic heterocycles. The summed E-state index contributed by atoms with van der Waals surface area (Å²) < 4.78 is 1.27. The SMILES string of the molecule is CN(C)C(CNC(=O)c1nn(-c2ccccc2)c(=O)c2ccccc12)c1ccccc1Cl. The van der Waals surface area contributed by atoms with E-state index in [-0.39, 0.29) is 23.2 Å². The molecule has 162 valence electrons. The predicted molar refractivity (Wildman–Crippen MR) is 128 cm³/mol. The summed E-state index contributed by atoms with van der Waals surface area (Å²) in [5.41, 5.74) is 1.44. The van der Waals surface area contributed by atoms with Crippen molar-refractivity contribution < 1.29 is 4.79 Å². The molecule has 0 radical (unpaired) electrons. The number of likely N-dealkylation sites (N-methyl/N-ethyl adjacent to an activating group) is 1. The van der Waals surface area contributed by atoms with Gasteiger partial charge >= 0.3 is 0 Å². The monoisotopic (exact) mass is 446 g/mol. The van der Waals surface area contributed by atoms with E-state index in [1.807, 2.05) is 61.5 Å². The van der Waals surface area contributed by atoms with Crippen molar-refractivity contribution >= 4 is 28.3 Å². The average molecular weight is 447 g/mol. The fourth-order valence-corrected chi connectivity index (χ4v) is 3.95. The van der Waals surface area contributed by atoms with Crippen molar-refractivity contribution in [3.8, 4) is 5.69 Å². The normalized spacial score (nSPS) is 12.1. The van der Waals surface area contributed by atoms with Gasteiger partial charge in [-0.2, -0.15) is 9.78 Å². The molecule has 1 unspecified atom stereocenters. The molecule has 0 bridgehead atoms. The standard InChI is InChI=1S/C25H23ClN4O2/c1-29(2)22(20-14-8-9-15-21(20)26)16-27-24(31)23-18-12-6-7-13-19(18)25(32)30(28-23)17-10-4-3-5-11-17/h3-15,22H,16H2,1-2H3,(H,27,31). The molecule has 1 atom stereocenters. The van der Waals surface area contributed by atoms with Crippen molar-refractivity contribution in [2.45, 2.75) is 6.04 Å². The third-order valence-corrected chi connectivity index (χ3v) is 5.71. The van der Waals surface area contributed by atoms with Gasteiger partial charge < -0.3 is 10.2 Å². The van der Waals surface area contributed by atoms with E-state index < -0.39 is 0 Å². The Bertz CT molecular complexity index is 1320. The second-order valence-corrected chi connectivity index (χ2v) is 8.06. The van der Waals surface area contributed by atoms with Crippen LogP contribution in [0.4, 0.5) is 0 Å². The Morgan fingerprint density at radius 1 is 0.969 bits per heavy atom. The highest BCUT2D eigenvalue weighted by Crippen LogP contribution is 2.25. The summed E-state index contributed by atoms with van der Waals surface area (Å²) in [6.45, 7) is 0.329. The molecule has 32 heavy (non-hydrogen) atoms. The van der Waals surface area contributed by atoms with Gasteiger partial charge in [-0.05, 0) is 43.9 Å². The fraction of sp³-hybridized carbons (Fsp3) is 0.160. The maximum Gasteiger partial charge on any atom is 0.279 e. The summed E-state index contributed by atoms with van der Waals surface area (Å²) in [5, 5.41) is 9.01. The Morgan fingerprint density at radius 2 is 1.59 bits per heavy atom. The second kappa shape index (κ2) is 9.34. The minimum Gasteiger partial charge on any atom is -0.349 e. The molecule has 3 aromatic carbocycles. The number of rotatable bonds is 6. The maximum absolute atomic E-state index is 13.3. The lowest BCUT2D eigenvalue weighted by atomic mass is 10.1. The number of benzene rings is 3. The van der Waals surface area contributed by atoms with Crippen LogP contribution in [0.25, 0.3) is 16.5 Å². The van der Waals surface area contributed by atoms with E-state index in [2.05, 4.69) is 10.4 Å². The molecular weight excluding hydrogens is 424 g/mol. The number of aromatic nitrogens is 2. The number of hydrogen-bond acceptors (Lipinski definition) is 4. The molecule has 7 heteroatoms. The molecule has 0 aliphatic carbocycles. The van der Waals surface area contributed by atoms with Crippen molar-refractivity contribution in [1.82, 2.24) is 20.0 Å². The summed E-state index contributed by atoms with van der Waals surface area (Å²) >= 11 is 6.39. The van der Waals surface area contributed by atoms with Crippen LogP contribution in [0.2, 0.25) is 5.02 Å². The van der Waals surface area contributed by atoms with Crippen LogP contribution in [0.5, 0.6) is 0 Å². The van der Waals surface area contributed by atoms with Crippen LogP contribution in [-0.4, -0.2) is 41.2 Å². The third kappa shape index (κ3) is 4.28. The van der Waals surface area contributed by atoms with Crippen LogP contribution < -0.4 is 10.9 Å². The van der Waals surface area contributed by atoms with Crippen molar-refractivity contribution in [3.05, 3.63) is 105 Å². The molecule has 0 fully saturated rings. The molecule has 0 aliphatic rings. The van der Waals surface area contributed by atoms with Crippen molar-refractivity contribution in [2.75, 3.05) is 20.6 Å². The van der Waals surface area contributed by atoms with Gasteiger partial charge in [0.1, 0.15) is 0 Å². The lowest BCUT2D eigenvalue weighted by Gasteiger charge is -2.26. The number of nitrogens with zero attached hydrogens (tertiary/aromatic N) is 3. The Hall–Kier alpha value is -3.48. The van der Waals surface area contributed by atoms with Gasteiger partial charge in [0.15, 0.2) is 5.69 Å². The Labute approximate surface area is 191 Å². The average Bonchev–Trinajstić information content (AvgIpc) is 2.81. The molecule has 0 spiro atoms. The van der Waals surface area contributed by atoms with Gasteiger partial charge in [-0.3, -0.25) is 9.59 Å². The quantitative estimate of drug-likeness (QED) is 0.484. The molecule has 1 N–H and O–H groups in total. The number of carbonyl (C=O) groups is 1. The van der Waals surface area contributed by atoms with Crippen molar-refractivity contribution in [2.24, 2.45) is 0 Å². The maximum atomic E-state index is 13.3. The highest BCUT2D eigenvalue weighted by atomic mass is 35.5. The number of nitrogens with one attached hydrogen (secondary N) is 1. The van der Waals surface area contributed by atoms with Crippen LogP contribution in [-0.2, 0) is 0 Å².